The molecule has 1 aromatic carbocycles. The first-order valence-corrected chi connectivity index (χ1v) is 8.74. The molecule has 0 saturated carbocycles. The molecule has 0 unspecified atom stereocenters. The fourth-order valence-electron chi connectivity index (χ4n) is 3.00. The summed E-state index contributed by atoms with van der Waals surface area (Å²) in [6.45, 7) is 5.52. The van der Waals surface area contributed by atoms with Crippen LogP contribution in [0.2, 0.25) is 0 Å². The minimum atomic E-state index is -0.534. The highest BCUT2D eigenvalue weighted by Gasteiger charge is 2.18. The van der Waals surface area contributed by atoms with Crippen LogP contribution >= 0.6 is 0 Å². The van der Waals surface area contributed by atoms with Gasteiger partial charge in [0.15, 0.2) is 5.65 Å². The van der Waals surface area contributed by atoms with Crippen LogP contribution in [-0.2, 0) is 4.74 Å². The minimum Gasteiger partial charge on any atom is -0.456 e. The maximum Gasteiger partial charge on any atom is 0.338 e. The average Bonchev–Trinajstić information content (AvgIpc) is 3.04. The molecule has 8 heteroatoms. The van der Waals surface area contributed by atoms with Gasteiger partial charge in [0.1, 0.15) is 11.4 Å². The number of aromatic nitrogens is 4. The van der Waals surface area contributed by atoms with Gasteiger partial charge >= 0.3 is 5.97 Å². The molecule has 0 aliphatic rings. The van der Waals surface area contributed by atoms with Crippen molar-refractivity contribution in [3.05, 3.63) is 48.4 Å². The van der Waals surface area contributed by atoms with E-state index in [1.165, 1.54) is 0 Å². The molecule has 0 aliphatic heterocycles. The molecule has 0 fully saturated rings. The first-order valence-electron chi connectivity index (χ1n) is 8.74. The first kappa shape index (κ1) is 17.7. The first-order chi connectivity index (χ1) is 13.2. The average molecular weight is 376 g/mol. The second-order valence-electron chi connectivity index (χ2n) is 7.51. The number of carbonyl (C=O) groups is 1. The highest BCUT2D eigenvalue weighted by atomic mass is 16.6. The molecule has 0 amide bonds. The standard InChI is InChI=1S/C20H20N6O2/c1-20(2,3)28-18(27)11-4-6-13(7-5-11)26-9-12-8-23-17-15(14(12)10-26)16(21)24-19(22)25-17/h4-10H,1-3H3,(H4,21,22,24,25). The third-order valence-electron chi connectivity index (χ3n) is 4.19. The molecular formula is C20H20N6O2. The monoisotopic (exact) mass is 376 g/mol. The number of hydrogen-bond donors (Lipinski definition) is 2. The number of rotatable bonds is 2. The summed E-state index contributed by atoms with van der Waals surface area (Å²) >= 11 is 0. The van der Waals surface area contributed by atoms with Gasteiger partial charge in [-0.05, 0) is 45.0 Å². The Balaban J connectivity index is 1.73. The Hall–Kier alpha value is -3.68. The quantitative estimate of drug-likeness (QED) is 0.515. The molecular weight excluding hydrogens is 356 g/mol. The van der Waals surface area contributed by atoms with Gasteiger partial charge in [-0.1, -0.05) is 0 Å². The van der Waals surface area contributed by atoms with Crippen molar-refractivity contribution in [2.24, 2.45) is 0 Å². The predicted octanol–water partition coefficient (Wildman–Crippen LogP) is 3.09. The van der Waals surface area contributed by atoms with E-state index < -0.39 is 5.60 Å². The molecule has 0 radical (unpaired) electrons. The van der Waals surface area contributed by atoms with Gasteiger partial charge in [0, 0.05) is 35.1 Å². The number of ether oxygens (including phenoxy) is 1. The van der Waals surface area contributed by atoms with E-state index in [1.54, 1.807) is 18.3 Å². The number of carbonyl (C=O) groups excluding carboxylic acids is 1. The van der Waals surface area contributed by atoms with E-state index in [1.807, 2.05) is 49.9 Å². The zero-order valence-corrected chi connectivity index (χ0v) is 15.8. The van der Waals surface area contributed by atoms with Gasteiger partial charge in [-0.25, -0.2) is 9.78 Å². The third-order valence-corrected chi connectivity index (χ3v) is 4.19. The largest absolute Gasteiger partial charge is 0.456 e. The number of esters is 1. The number of pyridine rings is 1. The van der Waals surface area contributed by atoms with Gasteiger partial charge in [-0.15, -0.1) is 0 Å². The van der Waals surface area contributed by atoms with Gasteiger partial charge in [-0.2, -0.15) is 9.97 Å². The number of nitrogens with zero attached hydrogens (tertiary/aromatic N) is 4. The molecule has 3 heterocycles. The smallest absolute Gasteiger partial charge is 0.338 e. The lowest BCUT2D eigenvalue weighted by Gasteiger charge is -2.19. The highest BCUT2D eigenvalue weighted by Crippen LogP contribution is 2.29. The van der Waals surface area contributed by atoms with Crippen molar-refractivity contribution in [2.45, 2.75) is 26.4 Å². The Morgan fingerprint density at radius 2 is 1.79 bits per heavy atom. The van der Waals surface area contributed by atoms with E-state index in [0.29, 0.717) is 22.4 Å². The Morgan fingerprint density at radius 1 is 1.07 bits per heavy atom. The normalized spacial score (nSPS) is 11.8. The molecule has 0 aliphatic carbocycles. The summed E-state index contributed by atoms with van der Waals surface area (Å²) < 4.78 is 7.33. The fourth-order valence-corrected chi connectivity index (χ4v) is 3.00. The van der Waals surface area contributed by atoms with Crippen molar-refractivity contribution in [3.8, 4) is 5.69 Å². The molecule has 142 valence electrons. The van der Waals surface area contributed by atoms with Crippen LogP contribution in [0.15, 0.2) is 42.9 Å². The predicted molar refractivity (Wildman–Crippen MR) is 108 cm³/mol. The molecule has 4 rings (SSSR count). The Bertz CT molecular complexity index is 1210. The summed E-state index contributed by atoms with van der Waals surface area (Å²) in [4.78, 5) is 24.7. The van der Waals surface area contributed by atoms with Crippen LogP contribution in [0.25, 0.3) is 27.5 Å². The van der Waals surface area contributed by atoms with Crippen LogP contribution in [0.1, 0.15) is 31.1 Å². The molecule has 4 N–H and O–H groups in total. The maximum atomic E-state index is 12.2. The summed E-state index contributed by atoms with van der Waals surface area (Å²) in [5.74, 6) is 0.0297. The minimum absolute atomic E-state index is 0.0917. The Kier molecular flexibility index (Phi) is 3.92. The van der Waals surface area contributed by atoms with Crippen molar-refractivity contribution in [1.82, 2.24) is 19.5 Å². The van der Waals surface area contributed by atoms with Crippen molar-refractivity contribution in [2.75, 3.05) is 11.5 Å². The van der Waals surface area contributed by atoms with Crippen LogP contribution < -0.4 is 11.5 Å². The van der Waals surface area contributed by atoms with E-state index >= 15 is 0 Å². The van der Waals surface area contributed by atoms with E-state index in [9.17, 15) is 4.79 Å². The summed E-state index contributed by atoms with van der Waals surface area (Å²) in [5, 5.41) is 2.43. The molecule has 0 atom stereocenters. The topological polar surface area (TPSA) is 122 Å². The zero-order chi connectivity index (χ0) is 20.1. The lowest BCUT2D eigenvalue weighted by molar-refractivity contribution is 0.00695. The fraction of sp³-hybridized carbons (Fsp3) is 0.200. The van der Waals surface area contributed by atoms with E-state index in [-0.39, 0.29) is 11.9 Å². The molecule has 0 bridgehead atoms. The van der Waals surface area contributed by atoms with Crippen molar-refractivity contribution < 1.29 is 9.53 Å². The molecule has 3 aromatic heterocycles. The Morgan fingerprint density at radius 3 is 2.46 bits per heavy atom. The van der Waals surface area contributed by atoms with Crippen LogP contribution in [-0.4, -0.2) is 31.1 Å². The second kappa shape index (κ2) is 6.19. The summed E-state index contributed by atoms with van der Waals surface area (Å²) in [6.07, 6.45) is 5.58. The van der Waals surface area contributed by atoms with Crippen LogP contribution in [0, 0.1) is 0 Å². The van der Waals surface area contributed by atoms with Crippen LogP contribution in [0.5, 0.6) is 0 Å². The number of benzene rings is 1. The molecule has 0 saturated heterocycles. The number of hydrogen-bond acceptors (Lipinski definition) is 7. The Labute approximate surface area is 161 Å². The molecule has 4 aromatic rings. The summed E-state index contributed by atoms with van der Waals surface area (Å²) in [5.41, 5.74) is 13.0. The van der Waals surface area contributed by atoms with Gasteiger partial charge in [0.2, 0.25) is 5.95 Å². The number of anilines is 2. The lowest BCUT2D eigenvalue weighted by Crippen LogP contribution is -2.23. The molecule has 28 heavy (non-hydrogen) atoms. The molecule has 8 nitrogen and oxygen atoms in total. The van der Waals surface area contributed by atoms with Gasteiger partial charge in [0.25, 0.3) is 0 Å². The lowest BCUT2D eigenvalue weighted by atomic mass is 10.1. The highest BCUT2D eigenvalue weighted by molar-refractivity contribution is 6.09. The van der Waals surface area contributed by atoms with E-state index in [0.717, 1.165) is 16.5 Å². The van der Waals surface area contributed by atoms with Crippen molar-refractivity contribution >= 4 is 39.5 Å². The van der Waals surface area contributed by atoms with Crippen molar-refractivity contribution in [3.63, 3.8) is 0 Å². The summed E-state index contributed by atoms with van der Waals surface area (Å²) in [7, 11) is 0. The second-order valence-corrected chi connectivity index (χ2v) is 7.51. The van der Waals surface area contributed by atoms with Crippen LogP contribution in [0.3, 0.4) is 0 Å². The maximum absolute atomic E-state index is 12.2. The number of nitrogens with two attached hydrogens (primary N) is 2. The van der Waals surface area contributed by atoms with Gasteiger partial charge in [-0.3, -0.25) is 0 Å². The SMILES string of the molecule is CC(C)(C)OC(=O)c1ccc(-n2cc3cnc4nc(N)nc(N)c4c3c2)cc1. The summed E-state index contributed by atoms with van der Waals surface area (Å²) in [6, 6.07) is 7.18. The van der Waals surface area contributed by atoms with E-state index in [4.69, 9.17) is 16.2 Å². The third kappa shape index (κ3) is 3.20. The van der Waals surface area contributed by atoms with Gasteiger partial charge < -0.3 is 20.8 Å². The number of nitrogen functional groups attached to an aromatic ring is 2. The van der Waals surface area contributed by atoms with Crippen molar-refractivity contribution in [1.29, 1.82) is 0 Å². The molecule has 0 spiro atoms. The van der Waals surface area contributed by atoms with E-state index in [2.05, 4.69) is 15.0 Å². The van der Waals surface area contributed by atoms with Gasteiger partial charge in [0.05, 0.1) is 10.9 Å². The van der Waals surface area contributed by atoms with Crippen LogP contribution in [0.4, 0.5) is 11.8 Å². The number of fused-ring (bicyclic) bond motifs is 3. The zero-order valence-electron chi connectivity index (χ0n) is 15.8.